The van der Waals surface area contributed by atoms with Gasteiger partial charge in [-0.2, -0.15) is 0 Å². The first-order chi connectivity index (χ1) is 6.61. The molecule has 1 aliphatic heterocycles. The number of hydrogen-bond acceptors (Lipinski definition) is 4. The number of carbonyl (C=O) groups excluding carboxylic acids is 3. The zero-order valence-electron chi connectivity index (χ0n) is 7.52. The van der Waals surface area contributed by atoms with Gasteiger partial charge < -0.3 is 4.74 Å². The standard InChI is InChI=1S/C10H8O4/c1-3-2-4-6-7(5(3)8(4)11)10(13)14-9(6)12/h2,4-7H,1H3. The van der Waals surface area contributed by atoms with Crippen molar-refractivity contribution in [3.63, 3.8) is 0 Å². The summed E-state index contributed by atoms with van der Waals surface area (Å²) in [6.07, 6.45) is 1.80. The van der Waals surface area contributed by atoms with Gasteiger partial charge in [0.1, 0.15) is 5.78 Å². The summed E-state index contributed by atoms with van der Waals surface area (Å²) in [6, 6.07) is 0. The van der Waals surface area contributed by atoms with Gasteiger partial charge in [0.15, 0.2) is 0 Å². The van der Waals surface area contributed by atoms with E-state index in [4.69, 9.17) is 0 Å². The van der Waals surface area contributed by atoms with Crippen LogP contribution >= 0.6 is 0 Å². The quantitative estimate of drug-likeness (QED) is 0.310. The van der Waals surface area contributed by atoms with Gasteiger partial charge in [0, 0.05) is 0 Å². The summed E-state index contributed by atoms with van der Waals surface area (Å²) < 4.78 is 4.54. The van der Waals surface area contributed by atoms with Gasteiger partial charge in [-0.25, -0.2) is 0 Å². The van der Waals surface area contributed by atoms with Crippen LogP contribution in [0.2, 0.25) is 0 Å². The highest BCUT2D eigenvalue weighted by Crippen LogP contribution is 2.52. The summed E-state index contributed by atoms with van der Waals surface area (Å²) in [4.78, 5) is 34.3. The number of Topliss-reactive ketones (excluding diaryl/α,β-unsaturated/α-hetero) is 1. The maximum atomic E-state index is 11.7. The van der Waals surface area contributed by atoms with E-state index in [1.165, 1.54) is 0 Å². The Morgan fingerprint density at radius 2 is 1.79 bits per heavy atom. The second-order valence-corrected chi connectivity index (χ2v) is 4.11. The first-order valence-corrected chi connectivity index (χ1v) is 4.59. The van der Waals surface area contributed by atoms with Gasteiger partial charge >= 0.3 is 11.9 Å². The molecule has 1 heterocycles. The third kappa shape index (κ3) is 0.647. The fourth-order valence-electron chi connectivity index (χ4n) is 2.88. The van der Waals surface area contributed by atoms with Crippen molar-refractivity contribution in [2.24, 2.45) is 23.7 Å². The Morgan fingerprint density at radius 1 is 1.14 bits per heavy atom. The number of rotatable bonds is 0. The Hall–Kier alpha value is -1.45. The Balaban J connectivity index is 2.14. The second-order valence-electron chi connectivity index (χ2n) is 4.11. The second kappa shape index (κ2) is 2.13. The van der Waals surface area contributed by atoms with Gasteiger partial charge in [-0.3, -0.25) is 14.4 Å². The molecule has 0 aromatic heterocycles. The van der Waals surface area contributed by atoms with Crippen molar-refractivity contribution in [1.29, 1.82) is 0 Å². The predicted octanol–water partition coefficient (Wildman–Crippen LogP) is 0.0772. The third-order valence-corrected chi connectivity index (χ3v) is 3.45. The van der Waals surface area contributed by atoms with Crippen molar-refractivity contribution in [3.05, 3.63) is 11.6 Å². The Labute approximate surface area is 79.9 Å². The Bertz CT molecular complexity index is 406. The van der Waals surface area contributed by atoms with E-state index in [1.54, 1.807) is 6.08 Å². The molecule has 0 spiro atoms. The van der Waals surface area contributed by atoms with Gasteiger partial charge in [-0.1, -0.05) is 11.6 Å². The number of ether oxygens (including phenoxy) is 1. The van der Waals surface area contributed by atoms with Gasteiger partial charge in [0.2, 0.25) is 0 Å². The molecular formula is C10H8O4. The minimum Gasteiger partial charge on any atom is -0.393 e. The number of esters is 2. The lowest BCUT2D eigenvalue weighted by atomic mass is 9.82. The number of allylic oxidation sites excluding steroid dienone is 2. The van der Waals surface area contributed by atoms with Crippen LogP contribution < -0.4 is 0 Å². The van der Waals surface area contributed by atoms with Crippen LogP contribution in [0.3, 0.4) is 0 Å². The molecule has 4 heteroatoms. The third-order valence-electron chi connectivity index (χ3n) is 3.45. The van der Waals surface area contributed by atoms with Crippen LogP contribution in [0.1, 0.15) is 6.92 Å². The molecule has 72 valence electrons. The van der Waals surface area contributed by atoms with E-state index in [0.29, 0.717) is 0 Å². The van der Waals surface area contributed by atoms with Crippen LogP contribution in [-0.4, -0.2) is 17.7 Å². The maximum absolute atomic E-state index is 11.7. The van der Waals surface area contributed by atoms with Crippen LogP contribution in [0.4, 0.5) is 0 Å². The first-order valence-electron chi connectivity index (χ1n) is 4.59. The molecule has 0 aromatic carbocycles. The van der Waals surface area contributed by atoms with Crippen LogP contribution in [-0.2, 0) is 19.1 Å². The topological polar surface area (TPSA) is 60.4 Å². The molecule has 2 fully saturated rings. The summed E-state index contributed by atoms with van der Waals surface area (Å²) in [6.45, 7) is 1.83. The smallest absolute Gasteiger partial charge is 0.318 e. The van der Waals surface area contributed by atoms with Crippen molar-refractivity contribution >= 4 is 17.7 Å². The normalized spacial score (nSPS) is 44.1. The van der Waals surface area contributed by atoms with E-state index in [1.807, 2.05) is 6.92 Å². The average molecular weight is 192 g/mol. The van der Waals surface area contributed by atoms with Crippen molar-refractivity contribution in [3.8, 4) is 0 Å². The van der Waals surface area contributed by atoms with Crippen LogP contribution in [0.15, 0.2) is 11.6 Å². The first kappa shape index (κ1) is 7.91. The molecule has 4 atom stereocenters. The lowest BCUT2D eigenvalue weighted by molar-refractivity contribution is -0.155. The molecular weight excluding hydrogens is 184 g/mol. The molecule has 0 amide bonds. The Kier molecular flexibility index (Phi) is 1.20. The Morgan fingerprint density at radius 3 is 2.50 bits per heavy atom. The monoisotopic (exact) mass is 192 g/mol. The molecule has 0 aromatic rings. The maximum Gasteiger partial charge on any atom is 0.318 e. The molecule has 14 heavy (non-hydrogen) atoms. The highest BCUT2D eigenvalue weighted by molar-refractivity contribution is 6.09. The summed E-state index contributed by atoms with van der Waals surface area (Å²) in [7, 11) is 0. The fourth-order valence-corrected chi connectivity index (χ4v) is 2.88. The molecule has 4 nitrogen and oxygen atoms in total. The average Bonchev–Trinajstić information content (AvgIpc) is 2.64. The van der Waals surface area contributed by atoms with Gasteiger partial charge in [0.05, 0.1) is 23.7 Å². The minimum atomic E-state index is -0.524. The highest BCUT2D eigenvalue weighted by Gasteiger charge is 2.64. The van der Waals surface area contributed by atoms with Crippen LogP contribution in [0.25, 0.3) is 0 Å². The minimum absolute atomic E-state index is 0.0162. The largest absolute Gasteiger partial charge is 0.393 e. The summed E-state index contributed by atoms with van der Waals surface area (Å²) in [5.74, 6) is -2.86. The number of fused-ring (bicyclic) bond motifs is 5. The fraction of sp³-hybridized carbons (Fsp3) is 0.500. The number of carbonyl (C=O) groups is 3. The van der Waals surface area contributed by atoms with Crippen molar-refractivity contribution in [2.75, 3.05) is 0 Å². The zero-order valence-corrected chi connectivity index (χ0v) is 7.52. The van der Waals surface area contributed by atoms with Crippen LogP contribution in [0.5, 0.6) is 0 Å². The molecule has 0 radical (unpaired) electrons. The van der Waals surface area contributed by atoms with E-state index < -0.39 is 29.7 Å². The molecule has 3 aliphatic rings. The lowest BCUT2D eigenvalue weighted by Gasteiger charge is -2.15. The number of cyclic esters (lactones) is 2. The predicted molar refractivity (Wildman–Crippen MR) is 43.8 cm³/mol. The van der Waals surface area contributed by atoms with Gasteiger partial charge in [-0.05, 0) is 6.92 Å². The van der Waals surface area contributed by atoms with E-state index >= 15 is 0 Å². The molecule has 1 saturated carbocycles. The lowest BCUT2D eigenvalue weighted by Crippen LogP contribution is -2.23. The van der Waals surface area contributed by atoms with Crippen LogP contribution in [0, 0.1) is 23.7 Å². The van der Waals surface area contributed by atoms with Crippen molar-refractivity contribution in [2.45, 2.75) is 6.92 Å². The zero-order chi connectivity index (χ0) is 10.0. The van der Waals surface area contributed by atoms with Crippen molar-refractivity contribution < 1.29 is 19.1 Å². The van der Waals surface area contributed by atoms with Gasteiger partial charge in [-0.15, -0.1) is 0 Å². The van der Waals surface area contributed by atoms with Crippen molar-refractivity contribution in [1.82, 2.24) is 0 Å². The summed E-state index contributed by atoms with van der Waals surface area (Å²) in [5, 5.41) is 0. The SMILES string of the molecule is CC1=CC2C(=O)C1C1C(=O)OC(=O)C21. The molecule has 2 aliphatic carbocycles. The summed E-state index contributed by atoms with van der Waals surface area (Å²) in [5.41, 5.74) is 0.910. The van der Waals surface area contributed by atoms with E-state index in [0.717, 1.165) is 5.57 Å². The van der Waals surface area contributed by atoms with E-state index in [9.17, 15) is 14.4 Å². The molecule has 0 N–H and O–H groups in total. The molecule has 1 saturated heterocycles. The van der Waals surface area contributed by atoms with E-state index in [2.05, 4.69) is 4.74 Å². The number of ketones is 1. The van der Waals surface area contributed by atoms with E-state index in [-0.39, 0.29) is 11.7 Å². The van der Waals surface area contributed by atoms with Gasteiger partial charge in [0.25, 0.3) is 0 Å². The highest BCUT2D eigenvalue weighted by atomic mass is 16.6. The summed E-state index contributed by atoms with van der Waals surface area (Å²) >= 11 is 0. The molecule has 3 rings (SSSR count). The molecule has 2 bridgehead atoms. The molecule has 4 unspecified atom stereocenters. The number of hydrogen-bond donors (Lipinski definition) is 0.